The Bertz CT molecular complexity index is 876. The van der Waals surface area contributed by atoms with Crippen molar-refractivity contribution in [2.45, 2.75) is 20.0 Å². The molecule has 1 heterocycles. The maximum Gasteiger partial charge on any atom is 0.338 e. The van der Waals surface area contributed by atoms with E-state index in [1.54, 1.807) is 18.3 Å². The van der Waals surface area contributed by atoms with E-state index < -0.39 is 0 Å². The fourth-order valence-electron chi connectivity index (χ4n) is 2.35. The number of hydrogen-bond acceptors (Lipinski definition) is 4. The Labute approximate surface area is 149 Å². The van der Waals surface area contributed by atoms with E-state index in [1.807, 2.05) is 50.2 Å². The predicted molar refractivity (Wildman–Crippen MR) is 99.7 cm³/mol. The molecule has 0 atom stereocenters. The smallest absolute Gasteiger partial charge is 0.338 e. The zero-order valence-corrected chi connectivity index (χ0v) is 15.0. The van der Waals surface area contributed by atoms with E-state index in [0.717, 1.165) is 26.8 Å². The van der Waals surface area contributed by atoms with Gasteiger partial charge in [-0.2, -0.15) is 0 Å². The zero-order chi connectivity index (χ0) is 17.1. The van der Waals surface area contributed by atoms with Crippen LogP contribution in [0.25, 0.3) is 10.9 Å². The summed E-state index contributed by atoms with van der Waals surface area (Å²) in [5, 5.41) is 4.39. The number of carbonyl (C=O) groups is 1. The molecule has 2 aromatic carbocycles. The van der Waals surface area contributed by atoms with E-state index >= 15 is 0 Å². The Morgan fingerprint density at radius 2 is 1.88 bits per heavy atom. The van der Waals surface area contributed by atoms with Crippen LogP contribution in [0.15, 0.2) is 59.2 Å². The Balaban J connectivity index is 1.84. The second kappa shape index (κ2) is 7.01. The molecule has 5 heteroatoms. The lowest BCUT2D eigenvalue weighted by molar-refractivity contribution is 0.0378. The lowest BCUT2D eigenvalue weighted by atomic mass is 10.1. The number of esters is 1. The molecule has 0 amide bonds. The van der Waals surface area contributed by atoms with Gasteiger partial charge in [-0.25, -0.2) is 4.79 Å². The largest absolute Gasteiger partial charge is 0.459 e. The SMILES string of the molecule is CC(C)OC(=O)c1ccc(Nc2ccnc3ccc(Br)cc23)cc1. The molecule has 122 valence electrons. The summed E-state index contributed by atoms with van der Waals surface area (Å²) < 4.78 is 6.19. The van der Waals surface area contributed by atoms with Gasteiger partial charge in [0.1, 0.15) is 0 Å². The summed E-state index contributed by atoms with van der Waals surface area (Å²) in [5.41, 5.74) is 3.30. The first kappa shape index (κ1) is 16.5. The van der Waals surface area contributed by atoms with E-state index in [9.17, 15) is 4.79 Å². The number of nitrogens with zero attached hydrogens (tertiary/aromatic N) is 1. The van der Waals surface area contributed by atoms with Gasteiger partial charge in [0.25, 0.3) is 0 Å². The molecule has 1 N–H and O–H groups in total. The molecule has 0 fully saturated rings. The molecule has 0 spiro atoms. The highest BCUT2D eigenvalue weighted by Gasteiger charge is 2.09. The summed E-state index contributed by atoms with van der Waals surface area (Å²) >= 11 is 3.49. The van der Waals surface area contributed by atoms with Crippen molar-refractivity contribution in [2.24, 2.45) is 0 Å². The molecule has 0 saturated heterocycles. The average molecular weight is 385 g/mol. The molecule has 0 unspecified atom stereocenters. The van der Waals surface area contributed by atoms with E-state index in [1.165, 1.54) is 0 Å². The maximum atomic E-state index is 11.9. The summed E-state index contributed by atoms with van der Waals surface area (Å²) in [6, 6.07) is 15.1. The summed E-state index contributed by atoms with van der Waals surface area (Å²) in [5.74, 6) is -0.310. The van der Waals surface area contributed by atoms with Gasteiger partial charge in [0, 0.05) is 27.4 Å². The monoisotopic (exact) mass is 384 g/mol. The highest BCUT2D eigenvalue weighted by atomic mass is 79.9. The highest BCUT2D eigenvalue weighted by Crippen LogP contribution is 2.27. The number of halogens is 1. The van der Waals surface area contributed by atoms with Crippen LogP contribution < -0.4 is 5.32 Å². The van der Waals surface area contributed by atoms with E-state index in [4.69, 9.17) is 4.74 Å². The van der Waals surface area contributed by atoms with Crippen molar-refractivity contribution in [3.05, 3.63) is 64.8 Å². The van der Waals surface area contributed by atoms with Gasteiger partial charge in [-0.3, -0.25) is 4.98 Å². The Kier molecular flexibility index (Phi) is 4.81. The molecule has 1 aromatic heterocycles. The van der Waals surface area contributed by atoms with Crippen LogP contribution in [0.5, 0.6) is 0 Å². The van der Waals surface area contributed by atoms with E-state index in [2.05, 4.69) is 26.2 Å². The molecular formula is C19H17BrN2O2. The van der Waals surface area contributed by atoms with Gasteiger partial charge in [-0.05, 0) is 62.4 Å². The number of carbonyl (C=O) groups excluding carboxylic acids is 1. The lowest BCUT2D eigenvalue weighted by Gasteiger charge is -2.11. The maximum absolute atomic E-state index is 11.9. The first-order valence-electron chi connectivity index (χ1n) is 7.65. The van der Waals surface area contributed by atoms with Gasteiger partial charge < -0.3 is 10.1 Å². The number of pyridine rings is 1. The van der Waals surface area contributed by atoms with Crippen molar-refractivity contribution in [1.82, 2.24) is 4.98 Å². The molecule has 4 nitrogen and oxygen atoms in total. The van der Waals surface area contributed by atoms with Gasteiger partial charge in [0.15, 0.2) is 0 Å². The number of nitrogens with one attached hydrogen (secondary N) is 1. The molecular weight excluding hydrogens is 368 g/mol. The first-order chi connectivity index (χ1) is 11.5. The van der Waals surface area contributed by atoms with Gasteiger partial charge in [-0.15, -0.1) is 0 Å². The number of benzene rings is 2. The molecule has 0 saturated carbocycles. The van der Waals surface area contributed by atoms with Crippen LogP contribution in [0.2, 0.25) is 0 Å². The van der Waals surface area contributed by atoms with E-state index in [0.29, 0.717) is 5.56 Å². The molecule has 24 heavy (non-hydrogen) atoms. The number of ether oxygens (including phenoxy) is 1. The lowest BCUT2D eigenvalue weighted by Crippen LogP contribution is -2.11. The third-order valence-electron chi connectivity index (χ3n) is 3.45. The van der Waals surface area contributed by atoms with Gasteiger partial charge in [0.05, 0.1) is 17.2 Å². The van der Waals surface area contributed by atoms with Crippen molar-refractivity contribution in [2.75, 3.05) is 5.32 Å². The highest BCUT2D eigenvalue weighted by molar-refractivity contribution is 9.10. The third kappa shape index (κ3) is 3.74. The van der Waals surface area contributed by atoms with Crippen LogP contribution >= 0.6 is 15.9 Å². The third-order valence-corrected chi connectivity index (χ3v) is 3.94. The molecule has 3 rings (SSSR count). The van der Waals surface area contributed by atoms with Crippen LogP contribution in [-0.2, 0) is 4.74 Å². The quantitative estimate of drug-likeness (QED) is 0.619. The van der Waals surface area contributed by atoms with Crippen molar-refractivity contribution < 1.29 is 9.53 Å². The standard InChI is InChI=1S/C19H17BrN2O2/c1-12(2)24-19(23)13-3-6-15(7-4-13)22-18-9-10-21-17-8-5-14(20)11-16(17)18/h3-12H,1-2H3,(H,21,22). The second-order valence-electron chi connectivity index (χ2n) is 5.68. The van der Waals surface area contributed by atoms with Crippen molar-refractivity contribution in [3.63, 3.8) is 0 Å². The molecule has 0 aliphatic carbocycles. The average Bonchev–Trinajstić information content (AvgIpc) is 2.55. The minimum Gasteiger partial charge on any atom is -0.459 e. The van der Waals surface area contributed by atoms with Gasteiger partial charge in [-0.1, -0.05) is 15.9 Å². The topological polar surface area (TPSA) is 51.2 Å². The minimum atomic E-state index is -0.310. The number of anilines is 2. The molecule has 0 aliphatic rings. The number of rotatable bonds is 4. The fraction of sp³-hybridized carbons (Fsp3) is 0.158. The predicted octanol–water partition coefficient (Wildman–Crippen LogP) is 5.31. The van der Waals surface area contributed by atoms with Crippen LogP contribution in [-0.4, -0.2) is 17.1 Å². The summed E-state index contributed by atoms with van der Waals surface area (Å²) in [7, 11) is 0. The van der Waals surface area contributed by atoms with Gasteiger partial charge >= 0.3 is 5.97 Å². The van der Waals surface area contributed by atoms with E-state index in [-0.39, 0.29) is 12.1 Å². The molecule has 3 aromatic rings. The van der Waals surface area contributed by atoms with Crippen molar-refractivity contribution in [3.8, 4) is 0 Å². The second-order valence-corrected chi connectivity index (χ2v) is 6.59. The Morgan fingerprint density at radius 3 is 2.58 bits per heavy atom. The Hall–Kier alpha value is -2.40. The fourth-order valence-corrected chi connectivity index (χ4v) is 2.72. The normalized spacial score (nSPS) is 10.8. The number of hydrogen-bond donors (Lipinski definition) is 1. The number of fused-ring (bicyclic) bond motifs is 1. The van der Waals surface area contributed by atoms with Crippen LogP contribution in [0.4, 0.5) is 11.4 Å². The van der Waals surface area contributed by atoms with Crippen LogP contribution in [0.3, 0.4) is 0 Å². The van der Waals surface area contributed by atoms with Crippen LogP contribution in [0, 0.1) is 0 Å². The summed E-state index contributed by atoms with van der Waals surface area (Å²) in [6.45, 7) is 3.67. The minimum absolute atomic E-state index is 0.128. The number of aromatic nitrogens is 1. The summed E-state index contributed by atoms with van der Waals surface area (Å²) in [4.78, 5) is 16.2. The van der Waals surface area contributed by atoms with Crippen molar-refractivity contribution in [1.29, 1.82) is 0 Å². The van der Waals surface area contributed by atoms with Crippen LogP contribution in [0.1, 0.15) is 24.2 Å². The van der Waals surface area contributed by atoms with Gasteiger partial charge in [0.2, 0.25) is 0 Å². The zero-order valence-electron chi connectivity index (χ0n) is 13.4. The first-order valence-corrected chi connectivity index (χ1v) is 8.44. The summed E-state index contributed by atoms with van der Waals surface area (Å²) in [6.07, 6.45) is 1.64. The molecule has 0 aliphatic heterocycles. The Morgan fingerprint density at radius 1 is 1.12 bits per heavy atom. The molecule has 0 radical (unpaired) electrons. The molecule has 0 bridgehead atoms. The van der Waals surface area contributed by atoms with Crippen molar-refractivity contribution >= 4 is 44.2 Å².